The zero-order chi connectivity index (χ0) is 19.8. The minimum Gasteiger partial charge on any atom is -0.462 e. The number of anilines is 1. The number of hydrogen-bond acceptors (Lipinski definition) is 4. The van der Waals surface area contributed by atoms with Crippen LogP contribution in [0.2, 0.25) is 5.02 Å². The highest BCUT2D eigenvalue weighted by Gasteiger charge is 2.10. The van der Waals surface area contributed by atoms with Gasteiger partial charge in [-0.25, -0.2) is 0 Å². The van der Waals surface area contributed by atoms with Crippen molar-refractivity contribution in [2.24, 2.45) is 0 Å². The van der Waals surface area contributed by atoms with E-state index >= 15 is 0 Å². The van der Waals surface area contributed by atoms with Crippen LogP contribution < -0.4 is 16.2 Å². The molecule has 0 saturated carbocycles. The van der Waals surface area contributed by atoms with Crippen molar-refractivity contribution in [2.45, 2.75) is 26.7 Å². The van der Waals surface area contributed by atoms with E-state index in [1.165, 1.54) is 12.2 Å². The standard InChI is InChI=1S/C19H20ClN3O4/c1-12-6-7-14(27-12)8-9-18(25)22-23-19(26)11-10-17(24)21-16-5-3-4-15(20)13(16)2/h3-9H,10-11H2,1-2H3,(H,21,24)(H,22,25)(H,23,26)/b9-8+. The molecule has 0 saturated heterocycles. The predicted molar refractivity (Wildman–Crippen MR) is 103 cm³/mol. The Kier molecular flexibility index (Phi) is 7.19. The summed E-state index contributed by atoms with van der Waals surface area (Å²) in [7, 11) is 0. The van der Waals surface area contributed by atoms with Crippen LogP contribution in [0.1, 0.15) is 29.9 Å². The first-order valence-corrected chi connectivity index (χ1v) is 8.61. The second-order valence-corrected chi connectivity index (χ2v) is 6.19. The van der Waals surface area contributed by atoms with Gasteiger partial charge in [0.15, 0.2) is 0 Å². The summed E-state index contributed by atoms with van der Waals surface area (Å²) >= 11 is 5.99. The molecule has 0 aliphatic heterocycles. The lowest BCUT2D eigenvalue weighted by molar-refractivity contribution is -0.128. The molecule has 1 heterocycles. The zero-order valence-corrected chi connectivity index (χ0v) is 15.7. The Balaban J connectivity index is 1.71. The quantitative estimate of drug-likeness (QED) is 0.522. The summed E-state index contributed by atoms with van der Waals surface area (Å²) in [5, 5.41) is 3.25. The van der Waals surface area contributed by atoms with Crippen molar-refractivity contribution in [3.8, 4) is 0 Å². The summed E-state index contributed by atoms with van der Waals surface area (Å²) in [5.41, 5.74) is 5.82. The third-order valence-electron chi connectivity index (χ3n) is 3.61. The number of carbonyl (C=O) groups is 3. The molecule has 0 aliphatic carbocycles. The number of hydrogen-bond donors (Lipinski definition) is 3. The summed E-state index contributed by atoms with van der Waals surface area (Å²) in [6, 6.07) is 8.67. The van der Waals surface area contributed by atoms with Crippen LogP contribution in [0, 0.1) is 13.8 Å². The Morgan fingerprint density at radius 3 is 2.48 bits per heavy atom. The molecule has 2 aromatic rings. The van der Waals surface area contributed by atoms with Crippen LogP contribution in [0.4, 0.5) is 5.69 Å². The maximum Gasteiger partial charge on any atom is 0.262 e. The van der Waals surface area contributed by atoms with Gasteiger partial charge in [0.2, 0.25) is 11.8 Å². The van der Waals surface area contributed by atoms with E-state index in [-0.39, 0.29) is 18.7 Å². The zero-order valence-electron chi connectivity index (χ0n) is 15.0. The number of amides is 3. The van der Waals surface area contributed by atoms with Gasteiger partial charge in [-0.05, 0) is 49.8 Å². The van der Waals surface area contributed by atoms with E-state index in [0.717, 1.165) is 11.3 Å². The Morgan fingerprint density at radius 2 is 1.78 bits per heavy atom. The number of aryl methyl sites for hydroxylation is 1. The van der Waals surface area contributed by atoms with Crippen LogP contribution in [-0.4, -0.2) is 17.7 Å². The third kappa shape index (κ3) is 6.63. The van der Waals surface area contributed by atoms with Gasteiger partial charge in [0.05, 0.1) is 0 Å². The summed E-state index contributed by atoms with van der Waals surface area (Å²) in [4.78, 5) is 35.3. The highest BCUT2D eigenvalue weighted by molar-refractivity contribution is 6.31. The van der Waals surface area contributed by atoms with E-state index in [1.807, 2.05) is 0 Å². The predicted octanol–water partition coefficient (Wildman–Crippen LogP) is 3.13. The molecule has 142 valence electrons. The Hall–Kier alpha value is -3.06. The molecule has 1 aromatic carbocycles. The normalized spacial score (nSPS) is 10.6. The van der Waals surface area contributed by atoms with E-state index < -0.39 is 11.8 Å². The van der Waals surface area contributed by atoms with Crippen LogP contribution in [0.25, 0.3) is 6.08 Å². The van der Waals surface area contributed by atoms with Crippen molar-refractivity contribution in [3.63, 3.8) is 0 Å². The fourth-order valence-electron chi connectivity index (χ4n) is 2.12. The lowest BCUT2D eigenvalue weighted by atomic mass is 10.2. The smallest absolute Gasteiger partial charge is 0.262 e. The molecule has 2 rings (SSSR count). The Morgan fingerprint density at radius 1 is 1.04 bits per heavy atom. The van der Waals surface area contributed by atoms with Crippen LogP contribution in [0.15, 0.2) is 40.8 Å². The van der Waals surface area contributed by atoms with Gasteiger partial charge >= 0.3 is 0 Å². The number of hydrazine groups is 1. The van der Waals surface area contributed by atoms with Gasteiger partial charge in [-0.1, -0.05) is 17.7 Å². The topological polar surface area (TPSA) is 100 Å². The second kappa shape index (κ2) is 9.59. The van der Waals surface area contributed by atoms with Crippen molar-refractivity contribution in [2.75, 3.05) is 5.32 Å². The fraction of sp³-hybridized carbons (Fsp3) is 0.211. The highest BCUT2D eigenvalue weighted by Crippen LogP contribution is 2.23. The summed E-state index contributed by atoms with van der Waals surface area (Å²) < 4.78 is 5.28. The monoisotopic (exact) mass is 389 g/mol. The summed E-state index contributed by atoms with van der Waals surface area (Å²) in [5.74, 6) is -0.0635. The molecule has 0 aliphatic rings. The Labute approximate surface area is 161 Å². The van der Waals surface area contributed by atoms with E-state index in [0.29, 0.717) is 16.5 Å². The summed E-state index contributed by atoms with van der Waals surface area (Å²) in [6.45, 7) is 3.58. The van der Waals surface area contributed by atoms with Crippen molar-refractivity contribution in [1.82, 2.24) is 10.9 Å². The molecule has 0 unspecified atom stereocenters. The molecule has 3 N–H and O–H groups in total. The molecular weight excluding hydrogens is 370 g/mol. The van der Waals surface area contributed by atoms with E-state index in [2.05, 4.69) is 16.2 Å². The van der Waals surface area contributed by atoms with Gasteiger partial charge in [0, 0.05) is 29.6 Å². The first-order valence-electron chi connectivity index (χ1n) is 8.23. The van der Waals surface area contributed by atoms with Gasteiger partial charge in [0.25, 0.3) is 5.91 Å². The van der Waals surface area contributed by atoms with Crippen molar-refractivity contribution in [3.05, 3.63) is 58.5 Å². The largest absolute Gasteiger partial charge is 0.462 e. The average molecular weight is 390 g/mol. The minimum atomic E-state index is -0.517. The molecule has 3 amide bonds. The number of carbonyl (C=O) groups excluding carboxylic acids is 3. The first kappa shape index (κ1) is 20.3. The lowest BCUT2D eigenvalue weighted by Crippen LogP contribution is -2.41. The van der Waals surface area contributed by atoms with E-state index in [9.17, 15) is 14.4 Å². The lowest BCUT2D eigenvalue weighted by Gasteiger charge is -2.09. The molecule has 0 radical (unpaired) electrons. The second-order valence-electron chi connectivity index (χ2n) is 5.78. The third-order valence-corrected chi connectivity index (χ3v) is 4.02. The molecule has 0 bridgehead atoms. The number of nitrogens with one attached hydrogen (secondary N) is 3. The molecule has 0 spiro atoms. The number of benzene rings is 1. The SMILES string of the molecule is Cc1ccc(/C=C/C(=O)NNC(=O)CCC(=O)Nc2cccc(Cl)c2C)o1. The molecule has 27 heavy (non-hydrogen) atoms. The van der Waals surface area contributed by atoms with Gasteiger partial charge in [-0.3, -0.25) is 25.2 Å². The van der Waals surface area contributed by atoms with Crippen LogP contribution >= 0.6 is 11.6 Å². The number of halogens is 1. The van der Waals surface area contributed by atoms with Gasteiger partial charge < -0.3 is 9.73 Å². The highest BCUT2D eigenvalue weighted by atomic mass is 35.5. The molecule has 8 heteroatoms. The Bertz CT molecular complexity index is 874. The molecule has 0 fully saturated rings. The fourth-order valence-corrected chi connectivity index (χ4v) is 2.29. The van der Waals surface area contributed by atoms with Gasteiger partial charge in [-0.2, -0.15) is 0 Å². The molecule has 1 aromatic heterocycles. The summed E-state index contributed by atoms with van der Waals surface area (Å²) in [6.07, 6.45) is 2.60. The average Bonchev–Trinajstić information content (AvgIpc) is 3.05. The van der Waals surface area contributed by atoms with Crippen LogP contribution in [-0.2, 0) is 14.4 Å². The van der Waals surface area contributed by atoms with Gasteiger partial charge in [-0.15, -0.1) is 0 Å². The number of rotatable bonds is 6. The van der Waals surface area contributed by atoms with Crippen molar-refractivity contribution < 1.29 is 18.8 Å². The van der Waals surface area contributed by atoms with E-state index in [1.54, 1.807) is 44.2 Å². The van der Waals surface area contributed by atoms with E-state index in [4.69, 9.17) is 16.0 Å². The van der Waals surface area contributed by atoms with Crippen LogP contribution in [0.5, 0.6) is 0 Å². The van der Waals surface area contributed by atoms with Crippen molar-refractivity contribution >= 4 is 41.1 Å². The molecule has 0 atom stereocenters. The maximum atomic E-state index is 11.9. The molecule has 7 nitrogen and oxygen atoms in total. The first-order chi connectivity index (χ1) is 12.8. The molecular formula is C19H20ClN3O4. The maximum absolute atomic E-state index is 11.9. The van der Waals surface area contributed by atoms with Crippen molar-refractivity contribution in [1.29, 1.82) is 0 Å². The van der Waals surface area contributed by atoms with Gasteiger partial charge in [0.1, 0.15) is 11.5 Å². The minimum absolute atomic E-state index is 0.0326. The van der Waals surface area contributed by atoms with Crippen LogP contribution in [0.3, 0.4) is 0 Å². The number of furan rings is 1.